The highest BCUT2D eigenvalue weighted by Gasteiger charge is 2.08. The number of nitrogens with zero attached hydrogens (tertiary/aromatic N) is 2. The number of hydrogen-bond acceptors (Lipinski definition) is 4. The third-order valence-corrected chi connectivity index (χ3v) is 2.45. The Balaban J connectivity index is 2.06. The molecule has 2 N–H and O–H groups in total. The van der Waals surface area contributed by atoms with E-state index in [2.05, 4.69) is 35.3 Å². The van der Waals surface area contributed by atoms with Gasteiger partial charge in [0.05, 0.1) is 6.42 Å². The number of rotatable bonds is 4. The molecule has 0 bridgehead atoms. The van der Waals surface area contributed by atoms with Crippen LogP contribution in [0.1, 0.15) is 29.8 Å². The first kappa shape index (κ1) is 11.8. The number of aromatic nitrogens is 2. The van der Waals surface area contributed by atoms with E-state index in [0.29, 0.717) is 24.6 Å². The van der Waals surface area contributed by atoms with E-state index in [0.717, 1.165) is 0 Å². The van der Waals surface area contributed by atoms with E-state index in [1.807, 2.05) is 13.0 Å². The summed E-state index contributed by atoms with van der Waals surface area (Å²) in [5, 5.41) is 3.91. The molecule has 1 unspecified atom stereocenters. The summed E-state index contributed by atoms with van der Waals surface area (Å²) in [5.41, 5.74) is 8.10. The van der Waals surface area contributed by atoms with Gasteiger partial charge in [-0.15, -0.1) is 0 Å². The van der Waals surface area contributed by atoms with Crippen LogP contribution in [0.3, 0.4) is 0 Å². The van der Waals surface area contributed by atoms with Crippen molar-refractivity contribution in [1.29, 1.82) is 0 Å². The Morgan fingerprint density at radius 2 is 2.24 bits per heavy atom. The molecule has 2 aromatic rings. The largest absolute Gasteiger partial charge is 0.339 e. The van der Waals surface area contributed by atoms with Gasteiger partial charge in [-0.05, 0) is 19.4 Å². The SMILES string of the molecule is Cc1cccc(Cc2nc(CC(C)N)no2)c1. The van der Waals surface area contributed by atoms with Gasteiger partial charge < -0.3 is 10.3 Å². The molecule has 2 rings (SSSR count). The minimum absolute atomic E-state index is 0.0550. The lowest BCUT2D eigenvalue weighted by Gasteiger charge is -1.98. The van der Waals surface area contributed by atoms with E-state index in [4.69, 9.17) is 10.3 Å². The maximum atomic E-state index is 5.68. The van der Waals surface area contributed by atoms with Crippen molar-refractivity contribution in [1.82, 2.24) is 10.1 Å². The van der Waals surface area contributed by atoms with Crippen LogP contribution < -0.4 is 5.73 Å². The van der Waals surface area contributed by atoms with Crippen molar-refractivity contribution in [2.45, 2.75) is 32.7 Å². The van der Waals surface area contributed by atoms with Crippen molar-refractivity contribution in [2.24, 2.45) is 5.73 Å². The molecular weight excluding hydrogens is 214 g/mol. The number of nitrogens with two attached hydrogens (primary N) is 1. The average Bonchev–Trinajstić information content (AvgIpc) is 2.64. The zero-order chi connectivity index (χ0) is 12.3. The first-order valence-corrected chi connectivity index (χ1v) is 5.76. The van der Waals surface area contributed by atoms with Crippen molar-refractivity contribution in [2.75, 3.05) is 0 Å². The van der Waals surface area contributed by atoms with Gasteiger partial charge in [0.25, 0.3) is 0 Å². The van der Waals surface area contributed by atoms with Crippen molar-refractivity contribution < 1.29 is 4.52 Å². The fourth-order valence-electron chi connectivity index (χ4n) is 1.73. The fraction of sp³-hybridized carbons (Fsp3) is 0.385. The lowest BCUT2D eigenvalue weighted by atomic mass is 10.1. The molecule has 1 aromatic heterocycles. The zero-order valence-corrected chi connectivity index (χ0v) is 10.2. The van der Waals surface area contributed by atoms with Gasteiger partial charge in [-0.2, -0.15) is 4.98 Å². The Hall–Kier alpha value is -1.68. The second kappa shape index (κ2) is 5.10. The summed E-state index contributed by atoms with van der Waals surface area (Å²) < 4.78 is 5.19. The standard InChI is InChI=1S/C13H17N3O/c1-9-4-3-5-11(6-9)8-13-15-12(16-17-13)7-10(2)14/h3-6,10H,7-8,14H2,1-2H3. The van der Waals surface area contributed by atoms with Gasteiger partial charge in [-0.1, -0.05) is 35.0 Å². The highest BCUT2D eigenvalue weighted by atomic mass is 16.5. The molecular formula is C13H17N3O. The van der Waals surface area contributed by atoms with Gasteiger partial charge in [-0.25, -0.2) is 0 Å². The molecule has 0 aliphatic carbocycles. The minimum atomic E-state index is 0.0550. The predicted octanol–water partition coefficient (Wildman–Crippen LogP) is 1.86. The van der Waals surface area contributed by atoms with Crippen LogP contribution in [-0.4, -0.2) is 16.2 Å². The smallest absolute Gasteiger partial charge is 0.231 e. The Morgan fingerprint density at radius 3 is 2.94 bits per heavy atom. The van der Waals surface area contributed by atoms with Crippen LogP contribution in [0, 0.1) is 6.92 Å². The molecule has 0 radical (unpaired) electrons. The second-order valence-electron chi connectivity index (χ2n) is 4.45. The number of hydrogen-bond donors (Lipinski definition) is 1. The maximum absolute atomic E-state index is 5.68. The van der Waals surface area contributed by atoms with Gasteiger partial charge in [0.15, 0.2) is 5.82 Å². The normalized spacial score (nSPS) is 12.6. The summed E-state index contributed by atoms with van der Waals surface area (Å²) in [6.07, 6.45) is 1.32. The van der Waals surface area contributed by atoms with Crippen molar-refractivity contribution in [3.05, 3.63) is 47.1 Å². The van der Waals surface area contributed by atoms with Crippen LogP contribution in [0.2, 0.25) is 0 Å². The van der Waals surface area contributed by atoms with Crippen molar-refractivity contribution >= 4 is 0 Å². The van der Waals surface area contributed by atoms with Gasteiger partial charge in [-0.3, -0.25) is 0 Å². The lowest BCUT2D eigenvalue weighted by molar-refractivity contribution is 0.378. The second-order valence-corrected chi connectivity index (χ2v) is 4.45. The fourth-order valence-corrected chi connectivity index (χ4v) is 1.73. The van der Waals surface area contributed by atoms with E-state index in [-0.39, 0.29) is 6.04 Å². The summed E-state index contributed by atoms with van der Waals surface area (Å²) >= 11 is 0. The molecule has 0 saturated heterocycles. The number of benzene rings is 1. The average molecular weight is 231 g/mol. The Bertz CT molecular complexity index is 491. The van der Waals surface area contributed by atoms with E-state index < -0.39 is 0 Å². The monoisotopic (exact) mass is 231 g/mol. The van der Waals surface area contributed by atoms with E-state index in [9.17, 15) is 0 Å². The highest BCUT2D eigenvalue weighted by molar-refractivity contribution is 5.24. The zero-order valence-electron chi connectivity index (χ0n) is 10.2. The summed E-state index contributed by atoms with van der Waals surface area (Å²) in [6.45, 7) is 4.00. The molecule has 0 amide bonds. The van der Waals surface area contributed by atoms with Crippen LogP contribution >= 0.6 is 0 Å². The van der Waals surface area contributed by atoms with Crippen LogP contribution in [0.4, 0.5) is 0 Å². The van der Waals surface area contributed by atoms with Crippen LogP contribution in [0.15, 0.2) is 28.8 Å². The maximum Gasteiger partial charge on any atom is 0.231 e. The van der Waals surface area contributed by atoms with E-state index in [1.54, 1.807) is 0 Å². The molecule has 17 heavy (non-hydrogen) atoms. The van der Waals surface area contributed by atoms with Crippen molar-refractivity contribution in [3.8, 4) is 0 Å². The number of aryl methyl sites for hydroxylation is 1. The molecule has 0 saturated carbocycles. The Labute approximate surface area is 101 Å². The summed E-state index contributed by atoms with van der Waals surface area (Å²) in [5.74, 6) is 1.33. The molecule has 1 aromatic carbocycles. The van der Waals surface area contributed by atoms with Gasteiger partial charge in [0.2, 0.25) is 5.89 Å². The molecule has 0 fully saturated rings. The third kappa shape index (κ3) is 3.39. The first-order chi connectivity index (χ1) is 8.13. The predicted molar refractivity (Wildman–Crippen MR) is 65.6 cm³/mol. The topological polar surface area (TPSA) is 64.9 Å². The molecule has 1 heterocycles. The molecule has 1 atom stereocenters. The van der Waals surface area contributed by atoms with Gasteiger partial charge >= 0.3 is 0 Å². The first-order valence-electron chi connectivity index (χ1n) is 5.76. The quantitative estimate of drug-likeness (QED) is 0.872. The van der Waals surface area contributed by atoms with E-state index >= 15 is 0 Å². The summed E-state index contributed by atoms with van der Waals surface area (Å²) in [4.78, 5) is 4.32. The van der Waals surface area contributed by atoms with Gasteiger partial charge in [0, 0.05) is 12.5 Å². The lowest BCUT2D eigenvalue weighted by Crippen LogP contribution is -2.18. The van der Waals surface area contributed by atoms with Crippen LogP contribution in [-0.2, 0) is 12.8 Å². The van der Waals surface area contributed by atoms with E-state index in [1.165, 1.54) is 11.1 Å². The molecule has 90 valence electrons. The Morgan fingerprint density at radius 1 is 1.41 bits per heavy atom. The molecule has 4 nitrogen and oxygen atoms in total. The molecule has 0 aliphatic rings. The summed E-state index contributed by atoms with van der Waals surface area (Å²) in [7, 11) is 0. The highest BCUT2D eigenvalue weighted by Crippen LogP contribution is 2.10. The molecule has 0 spiro atoms. The van der Waals surface area contributed by atoms with Gasteiger partial charge in [0.1, 0.15) is 0 Å². The van der Waals surface area contributed by atoms with Crippen molar-refractivity contribution in [3.63, 3.8) is 0 Å². The van der Waals surface area contributed by atoms with Crippen LogP contribution in [0.25, 0.3) is 0 Å². The Kier molecular flexibility index (Phi) is 3.54. The molecule has 4 heteroatoms. The minimum Gasteiger partial charge on any atom is -0.339 e. The van der Waals surface area contributed by atoms with Crippen LogP contribution in [0.5, 0.6) is 0 Å². The molecule has 0 aliphatic heterocycles. The third-order valence-electron chi connectivity index (χ3n) is 2.45. The summed E-state index contributed by atoms with van der Waals surface area (Å²) in [6, 6.07) is 8.33.